The van der Waals surface area contributed by atoms with Crippen LogP contribution in [0.5, 0.6) is 0 Å². The average Bonchev–Trinajstić information content (AvgIpc) is 2.56. The van der Waals surface area contributed by atoms with Crippen LogP contribution in [0.3, 0.4) is 0 Å². The maximum absolute atomic E-state index is 13.5. The molecular formula is C19H21FN2O2. The second-order valence-electron chi connectivity index (χ2n) is 5.73. The lowest BCUT2D eigenvalue weighted by molar-refractivity contribution is -0.122. The van der Waals surface area contributed by atoms with Gasteiger partial charge in [-0.2, -0.15) is 0 Å². The molecule has 0 aliphatic rings. The van der Waals surface area contributed by atoms with Gasteiger partial charge in [-0.3, -0.25) is 9.59 Å². The van der Waals surface area contributed by atoms with Crippen LogP contribution < -0.4 is 10.6 Å². The number of nitrogens with one attached hydrogen (secondary N) is 2. The van der Waals surface area contributed by atoms with E-state index >= 15 is 0 Å². The lowest BCUT2D eigenvalue weighted by atomic mass is 10.0. The van der Waals surface area contributed by atoms with E-state index in [0.29, 0.717) is 11.1 Å². The number of benzene rings is 2. The number of hydrogen-bond donors (Lipinski definition) is 2. The van der Waals surface area contributed by atoms with Crippen LogP contribution in [0, 0.1) is 12.7 Å². The van der Waals surface area contributed by atoms with Gasteiger partial charge < -0.3 is 10.6 Å². The van der Waals surface area contributed by atoms with Gasteiger partial charge >= 0.3 is 0 Å². The fourth-order valence-electron chi connectivity index (χ4n) is 2.39. The molecule has 0 unspecified atom stereocenters. The number of amides is 2. The number of halogens is 1. The molecule has 0 spiro atoms. The predicted molar refractivity (Wildman–Crippen MR) is 90.6 cm³/mol. The van der Waals surface area contributed by atoms with Crippen molar-refractivity contribution in [1.29, 1.82) is 0 Å². The summed E-state index contributed by atoms with van der Waals surface area (Å²) in [4.78, 5) is 23.6. The second kappa shape index (κ2) is 8.24. The normalized spacial score (nSPS) is 11.6. The summed E-state index contributed by atoms with van der Waals surface area (Å²) in [6.45, 7) is 3.36. The summed E-state index contributed by atoms with van der Waals surface area (Å²) in [6.07, 6.45) is 0.123. The SMILES string of the molecule is CC(=O)N[C@@H](CC(=O)NCc1ccc(C)c(F)c1)c1ccccc1. The molecule has 2 rings (SSSR count). The minimum atomic E-state index is -0.390. The summed E-state index contributed by atoms with van der Waals surface area (Å²) >= 11 is 0. The second-order valence-corrected chi connectivity index (χ2v) is 5.73. The van der Waals surface area contributed by atoms with Crippen LogP contribution in [0.4, 0.5) is 4.39 Å². The van der Waals surface area contributed by atoms with Crippen molar-refractivity contribution in [3.63, 3.8) is 0 Å². The number of hydrogen-bond acceptors (Lipinski definition) is 2. The molecule has 0 saturated carbocycles. The van der Waals surface area contributed by atoms with Crippen LogP contribution in [-0.4, -0.2) is 11.8 Å². The molecule has 2 N–H and O–H groups in total. The van der Waals surface area contributed by atoms with E-state index in [-0.39, 0.29) is 30.6 Å². The fourth-order valence-corrected chi connectivity index (χ4v) is 2.39. The highest BCUT2D eigenvalue weighted by atomic mass is 19.1. The van der Waals surface area contributed by atoms with Crippen molar-refractivity contribution >= 4 is 11.8 Å². The Labute approximate surface area is 141 Å². The van der Waals surface area contributed by atoms with Gasteiger partial charge in [0.1, 0.15) is 5.82 Å². The van der Waals surface area contributed by atoms with Crippen molar-refractivity contribution in [2.75, 3.05) is 0 Å². The van der Waals surface area contributed by atoms with Crippen molar-refractivity contribution in [2.45, 2.75) is 32.9 Å². The average molecular weight is 328 g/mol. The first-order valence-electron chi connectivity index (χ1n) is 7.79. The molecule has 0 aliphatic carbocycles. The lowest BCUT2D eigenvalue weighted by Crippen LogP contribution is -2.32. The highest BCUT2D eigenvalue weighted by Crippen LogP contribution is 2.16. The molecule has 2 aromatic rings. The van der Waals surface area contributed by atoms with Crippen LogP contribution in [-0.2, 0) is 16.1 Å². The van der Waals surface area contributed by atoms with Gasteiger partial charge in [0.25, 0.3) is 0 Å². The Morgan fingerprint density at radius 3 is 2.46 bits per heavy atom. The number of rotatable bonds is 6. The van der Waals surface area contributed by atoms with E-state index in [1.807, 2.05) is 30.3 Å². The zero-order valence-electron chi connectivity index (χ0n) is 13.8. The van der Waals surface area contributed by atoms with Crippen molar-refractivity contribution in [1.82, 2.24) is 10.6 Å². The fraction of sp³-hybridized carbons (Fsp3) is 0.263. The van der Waals surface area contributed by atoms with Crippen LogP contribution in [0.25, 0.3) is 0 Å². The largest absolute Gasteiger partial charge is 0.352 e. The zero-order chi connectivity index (χ0) is 17.5. The third kappa shape index (κ3) is 5.19. The van der Waals surface area contributed by atoms with Gasteiger partial charge in [-0.1, -0.05) is 42.5 Å². The van der Waals surface area contributed by atoms with Gasteiger partial charge in [0, 0.05) is 13.5 Å². The lowest BCUT2D eigenvalue weighted by Gasteiger charge is -2.18. The first kappa shape index (κ1) is 17.7. The molecule has 24 heavy (non-hydrogen) atoms. The van der Waals surface area contributed by atoms with Gasteiger partial charge in [0.15, 0.2) is 0 Å². The maximum Gasteiger partial charge on any atom is 0.222 e. The van der Waals surface area contributed by atoms with Crippen molar-refractivity contribution in [3.05, 3.63) is 71.0 Å². The van der Waals surface area contributed by atoms with Crippen LogP contribution in [0.2, 0.25) is 0 Å². The minimum absolute atomic E-state index is 0.123. The maximum atomic E-state index is 13.5. The molecule has 0 radical (unpaired) electrons. The summed E-state index contributed by atoms with van der Waals surface area (Å²) in [5, 5.41) is 5.54. The molecule has 0 fully saturated rings. The van der Waals surface area contributed by atoms with Crippen LogP contribution in [0.15, 0.2) is 48.5 Å². The Morgan fingerprint density at radius 1 is 1.12 bits per heavy atom. The predicted octanol–water partition coefficient (Wildman–Crippen LogP) is 3.02. The van der Waals surface area contributed by atoms with E-state index in [1.165, 1.54) is 13.0 Å². The first-order valence-corrected chi connectivity index (χ1v) is 7.79. The molecule has 0 aliphatic heterocycles. The van der Waals surface area contributed by atoms with Crippen LogP contribution in [0.1, 0.15) is 36.1 Å². The molecule has 126 valence electrons. The molecule has 0 heterocycles. The summed E-state index contributed by atoms with van der Waals surface area (Å²) in [6, 6.07) is 13.8. The third-order valence-electron chi connectivity index (χ3n) is 3.69. The van der Waals surface area contributed by atoms with Gasteiger partial charge in [-0.25, -0.2) is 4.39 Å². The topological polar surface area (TPSA) is 58.2 Å². The smallest absolute Gasteiger partial charge is 0.222 e. The Hall–Kier alpha value is -2.69. The molecule has 0 bridgehead atoms. The molecule has 1 atom stereocenters. The quantitative estimate of drug-likeness (QED) is 0.856. The van der Waals surface area contributed by atoms with Gasteiger partial charge in [-0.05, 0) is 29.7 Å². The Morgan fingerprint density at radius 2 is 1.83 bits per heavy atom. The van der Waals surface area contributed by atoms with E-state index in [9.17, 15) is 14.0 Å². The molecular weight excluding hydrogens is 307 g/mol. The number of carbonyl (C=O) groups excluding carboxylic acids is 2. The molecule has 4 nitrogen and oxygen atoms in total. The molecule has 0 aromatic heterocycles. The van der Waals surface area contributed by atoms with E-state index in [1.54, 1.807) is 19.1 Å². The summed E-state index contributed by atoms with van der Waals surface area (Å²) in [5.41, 5.74) is 2.13. The Bertz CT molecular complexity index is 717. The third-order valence-corrected chi connectivity index (χ3v) is 3.69. The summed E-state index contributed by atoms with van der Waals surface area (Å²) in [7, 11) is 0. The number of carbonyl (C=O) groups is 2. The molecule has 5 heteroatoms. The Balaban J connectivity index is 1.97. The number of aryl methyl sites for hydroxylation is 1. The monoisotopic (exact) mass is 328 g/mol. The van der Waals surface area contributed by atoms with E-state index in [2.05, 4.69) is 10.6 Å². The molecule has 2 amide bonds. The highest BCUT2D eigenvalue weighted by Gasteiger charge is 2.16. The minimum Gasteiger partial charge on any atom is -0.352 e. The van der Waals surface area contributed by atoms with Crippen molar-refractivity contribution in [2.24, 2.45) is 0 Å². The van der Waals surface area contributed by atoms with E-state index in [0.717, 1.165) is 5.56 Å². The molecule has 2 aromatic carbocycles. The zero-order valence-corrected chi connectivity index (χ0v) is 13.8. The van der Waals surface area contributed by atoms with Gasteiger partial charge in [0.2, 0.25) is 11.8 Å². The first-order chi connectivity index (χ1) is 11.5. The highest BCUT2D eigenvalue weighted by molar-refractivity contribution is 5.79. The van der Waals surface area contributed by atoms with E-state index < -0.39 is 6.04 Å². The molecule has 0 saturated heterocycles. The summed E-state index contributed by atoms with van der Waals surface area (Å²) in [5.74, 6) is -0.696. The van der Waals surface area contributed by atoms with Gasteiger partial charge in [0.05, 0.1) is 12.5 Å². The van der Waals surface area contributed by atoms with Crippen molar-refractivity contribution < 1.29 is 14.0 Å². The van der Waals surface area contributed by atoms with Gasteiger partial charge in [-0.15, -0.1) is 0 Å². The standard InChI is InChI=1S/C19H21FN2O2/c1-13-8-9-15(10-17(13)20)12-21-19(24)11-18(22-14(2)23)16-6-4-3-5-7-16/h3-10,18H,11-12H2,1-2H3,(H,21,24)(H,22,23)/t18-/m0/s1. The van der Waals surface area contributed by atoms with Crippen molar-refractivity contribution in [3.8, 4) is 0 Å². The summed E-state index contributed by atoms with van der Waals surface area (Å²) < 4.78 is 13.5. The van der Waals surface area contributed by atoms with E-state index in [4.69, 9.17) is 0 Å². The Kier molecular flexibility index (Phi) is 6.07. The van der Waals surface area contributed by atoms with Crippen LogP contribution >= 0.6 is 0 Å².